The van der Waals surface area contributed by atoms with Crippen LogP contribution >= 0.6 is 0 Å². The summed E-state index contributed by atoms with van der Waals surface area (Å²) in [5.41, 5.74) is -1.98. The molecule has 2 aromatic rings. The quantitative estimate of drug-likeness (QED) is 0.175. The summed E-state index contributed by atoms with van der Waals surface area (Å²) in [6.07, 6.45) is -0.600. The Morgan fingerprint density at radius 3 is 2.50 bits per heavy atom. The van der Waals surface area contributed by atoms with Gasteiger partial charge in [0.1, 0.15) is 5.82 Å². The standard InChI is InChI=1S/C25H27FN4O8/c26-16-9-13(11-29-5-7-38-8-6-29)1-2-14(16)10-27-19-15-12-30(25(37)4-3-17(31)28-24(25)36)23(35)18(15)20(32)22(34)21(19)33/h1-2,9,27,32-34,37H,3-8,10-12H2,(H,28,31,36). The molecular formula is C25H27FN4O8. The minimum absolute atomic E-state index is 0.00901. The van der Waals surface area contributed by atoms with Crippen molar-refractivity contribution in [2.24, 2.45) is 0 Å². The number of morpholine rings is 1. The first-order chi connectivity index (χ1) is 18.1. The van der Waals surface area contributed by atoms with Gasteiger partial charge in [0.15, 0.2) is 11.5 Å². The van der Waals surface area contributed by atoms with Crippen LogP contribution in [-0.2, 0) is 34.0 Å². The second-order valence-corrected chi connectivity index (χ2v) is 9.53. The van der Waals surface area contributed by atoms with Crippen molar-refractivity contribution in [3.05, 3.63) is 46.3 Å². The Morgan fingerprint density at radius 1 is 1.08 bits per heavy atom. The van der Waals surface area contributed by atoms with Crippen molar-refractivity contribution in [3.8, 4) is 17.2 Å². The van der Waals surface area contributed by atoms with E-state index in [1.54, 1.807) is 12.1 Å². The molecule has 2 saturated heterocycles. The lowest BCUT2D eigenvalue weighted by molar-refractivity contribution is -0.167. The minimum Gasteiger partial charge on any atom is -0.504 e. The van der Waals surface area contributed by atoms with Gasteiger partial charge in [-0.15, -0.1) is 0 Å². The predicted molar refractivity (Wildman–Crippen MR) is 128 cm³/mol. The number of fused-ring (bicyclic) bond motifs is 1. The van der Waals surface area contributed by atoms with E-state index in [9.17, 15) is 39.2 Å². The predicted octanol–water partition coefficient (Wildman–Crippen LogP) is 0.468. The van der Waals surface area contributed by atoms with E-state index in [4.69, 9.17) is 4.74 Å². The number of aromatic hydroxyl groups is 3. The fraction of sp³-hybridized carbons (Fsp3) is 0.400. The largest absolute Gasteiger partial charge is 0.504 e. The molecule has 0 spiro atoms. The molecule has 3 heterocycles. The zero-order chi connectivity index (χ0) is 27.2. The molecule has 1 unspecified atom stereocenters. The van der Waals surface area contributed by atoms with Crippen LogP contribution in [0.5, 0.6) is 17.2 Å². The number of phenols is 3. The minimum atomic E-state index is -2.39. The molecule has 3 aliphatic rings. The van der Waals surface area contributed by atoms with Crippen LogP contribution in [0.1, 0.15) is 39.9 Å². The molecule has 0 aromatic heterocycles. The first kappa shape index (κ1) is 25.7. The highest BCUT2D eigenvalue weighted by Gasteiger charge is 2.52. The maximum Gasteiger partial charge on any atom is 0.279 e. The van der Waals surface area contributed by atoms with Gasteiger partial charge in [0.05, 0.1) is 31.0 Å². The summed E-state index contributed by atoms with van der Waals surface area (Å²) in [6.45, 7) is 2.73. The summed E-state index contributed by atoms with van der Waals surface area (Å²) in [5.74, 6) is -5.89. The molecular weight excluding hydrogens is 503 g/mol. The Morgan fingerprint density at radius 2 is 1.82 bits per heavy atom. The second-order valence-electron chi connectivity index (χ2n) is 9.53. The summed E-state index contributed by atoms with van der Waals surface area (Å²) in [7, 11) is 0. The third-order valence-corrected chi connectivity index (χ3v) is 7.15. The van der Waals surface area contributed by atoms with Crippen LogP contribution in [0, 0.1) is 5.82 Å². The number of ether oxygens (including phenoxy) is 1. The number of amides is 3. The Hall–Kier alpha value is -3.94. The van der Waals surface area contributed by atoms with Gasteiger partial charge in [-0.05, 0) is 11.6 Å². The number of aliphatic hydroxyl groups is 1. The topological polar surface area (TPSA) is 172 Å². The summed E-state index contributed by atoms with van der Waals surface area (Å²) in [6, 6.07) is 4.77. The van der Waals surface area contributed by atoms with Gasteiger partial charge in [0, 0.05) is 50.1 Å². The van der Waals surface area contributed by atoms with Gasteiger partial charge in [-0.2, -0.15) is 0 Å². The van der Waals surface area contributed by atoms with E-state index in [0.29, 0.717) is 19.8 Å². The number of anilines is 1. The number of rotatable bonds is 6. The highest BCUT2D eigenvalue weighted by Crippen LogP contribution is 2.50. The first-order valence-corrected chi connectivity index (χ1v) is 12.1. The molecule has 12 nitrogen and oxygen atoms in total. The van der Waals surface area contributed by atoms with Crippen LogP contribution in [0.4, 0.5) is 10.1 Å². The van der Waals surface area contributed by atoms with Gasteiger partial charge in [-0.1, -0.05) is 12.1 Å². The molecule has 3 amide bonds. The first-order valence-electron chi connectivity index (χ1n) is 12.1. The van der Waals surface area contributed by atoms with Crippen molar-refractivity contribution in [2.45, 2.75) is 38.2 Å². The molecule has 0 radical (unpaired) electrons. The third kappa shape index (κ3) is 4.38. The summed E-state index contributed by atoms with van der Waals surface area (Å²) >= 11 is 0. The molecule has 2 aromatic carbocycles. The van der Waals surface area contributed by atoms with E-state index in [1.807, 2.05) is 5.32 Å². The van der Waals surface area contributed by atoms with Gasteiger partial charge >= 0.3 is 0 Å². The average Bonchev–Trinajstić information content (AvgIpc) is 3.24. The lowest BCUT2D eigenvalue weighted by Gasteiger charge is -2.37. The van der Waals surface area contributed by atoms with Crippen molar-refractivity contribution >= 4 is 23.4 Å². The third-order valence-electron chi connectivity index (χ3n) is 7.15. The summed E-state index contributed by atoms with van der Waals surface area (Å²) in [4.78, 5) is 40.0. The molecule has 2 fully saturated rings. The van der Waals surface area contributed by atoms with E-state index in [2.05, 4.69) is 10.2 Å². The van der Waals surface area contributed by atoms with Gasteiger partial charge < -0.3 is 30.5 Å². The molecule has 1 atom stereocenters. The van der Waals surface area contributed by atoms with E-state index in [0.717, 1.165) is 23.6 Å². The number of carbonyl (C=O) groups is 3. The van der Waals surface area contributed by atoms with Crippen molar-refractivity contribution in [2.75, 3.05) is 31.6 Å². The maximum atomic E-state index is 14.9. The number of benzene rings is 2. The Bertz CT molecular complexity index is 1330. The van der Waals surface area contributed by atoms with Crippen molar-refractivity contribution in [3.63, 3.8) is 0 Å². The lowest BCUT2D eigenvalue weighted by atomic mass is 10.00. The number of phenolic OH excluding ortho intramolecular Hbond substituents is 3. The van der Waals surface area contributed by atoms with Crippen LogP contribution in [-0.4, -0.2) is 80.0 Å². The SMILES string of the molecule is O=C1CCC(O)(N2Cc3c(NCc4ccc(CN5CCOCC5)cc4F)c(O)c(O)c(O)c3C2=O)C(=O)N1. The Balaban J connectivity index is 1.39. The molecule has 0 aliphatic carbocycles. The number of hydrogen-bond acceptors (Lipinski definition) is 10. The molecule has 13 heteroatoms. The lowest BCUT2D eigenvalue weighted by Crippen LogP contribution is -2.63. The van der Waals surface area contributed by atoms with E-state index < -0.39 is 58.6 Å². The van der Waals surface area contributed by atoms with E-state index in [1.165, 1.54) is 6.07 Å². The van der Waals surface area contributed by atoms with Gasteiger partial charge in [-0.3, -0.25) is 29.5 Å². The van der Waals surface area contributed by atoms with Crippen molar-refractivity contribution in [1.29, 1.82) is 0 Å². The molecule has 5 rings (SSSR count). The number of carbonyl (C=O) groups excluding carboxylic acids is 3. The van der Waals surface area contributed by atoms with Gasteiger partial charge in [0.2, 0.25) is 17.4 Å². The van der Waals surface area contributed by atoms with Crippen molar-refractivity contribution in [1.82, 2.24) is 15.1 Å². The normalized spacial score (nSPS) is 21.9. The number of hydrogen-bond donors (Lipinski definition) is 6. The smallest absolute Gasteiger partial charge is 0.279 e. The summed E-state index contributed by atoms with van der Waals surface area (Å²) < 4.78 is 20.2. The highest BCUT2D eigenvalue weighted by atomic mass is 19.1. The number of nitrogens with one attached hydrogen (secondary N) is 2. The molecule has 3 aliphatic heterocycles. The molecule has 6 N–H and O–H groups in total. The molecule has 0 saturated carbocycles. The zero-order valence-electron chi connectivity index (χ0n) is 20.3. The van der Waals surface area contributed by atoms with Crippen LogP contribution in [0.25, 0.3) is 0 Å². The second kappa shape index (κ2) is 9.74. The zero-order valence-corrected chi connectivity index (χ0v) is 20.3. The fourth-order valence-corrected chi connectivity index (χ4v) is 4.98. The number of halogens is 1. The van der Waals surface area contributed by atoms with Gasteiger partial charge in [0.25, 0.3) is 11.8 Å². The molecule has 202 valence electrons. The Labute approximate surface area is 216 Å². The van der Waals surface area contributed by atoms with E-state index >= 15 is 0 Å². The average molecular weight is 531 g/mol. The monoisotopic (exact) mass is 530 g/mol. The maximum absolute atomic E-state index is 14.9. The number of piperidine rings is 1. The van der Waals surface area contributed by atoms with Crippen molar-refractivity contribution < 1.29 is 43.9 Å². The van der Waals surface area contributed by atoms with E-state index in [-0.39, 0.29) is 36.2 Å². The van der Waals surface area contributed by atoms with Crippen LogP contribution < -0.4 is 10.6 Å². The van der Waals surface area contributed by atoms with Crippen LogP contribution in [0.3, 0.4) is 0 Å². The highest BCUT2D eigenvalue weighted by molar-refractivity contribution is 6.09. The fourth-order valence-electron chi connectivity index (χ4n) is 4.98. The Kier molecular flexibility index (Phi) is 6.59. The van der Waals surface area contributed by atoms with Gasteiger partial charge in [-0.25, -0.2) is 4.39 Å². The van der Waals surface area contributed by atoms with Crippen LogP contribution in [0.2, 0.25) is 0 Å². The number of nitrogens with zero attached hydrogens (tertiary/aromatic N) is 2. The van der Waals surface area contributed by atoms with Crippen LogP contribution in [0.15, 0.2) is 18.2 Å². The summed E-state index contributed by atoms with van der Waals surface area (Å²) in [5, 5.41) is 47.0. The number of imide groups is 1. The molecule has 38 heavy (non-hydrogen) atoms. The molecule has 0 bridgehead atoms.